The van der Waals surface area contributed by atoms with Crippen LogP contribution in [0.15, 0.2) is 24.3 Å². The number of Topliss-reactive ketones (excluding diaryl/α,β-unsaturated/α-hetero) is 1. The summed E-state index contributed by atoms with van der Waals surface area (Å²) in [7, 11) is 0. The zero-order valence-corrected chi connectivity index (χ0v) is 13.1. The van der Waals surface area contributed by atoms with Gasteiger partial charge >= 0.3 is 0 Å². The first-order chi connectivity index (χ1) is 10.2. The lowest BCUT2D eigenvalue weighted by molar-refractivity contribution is 0.0663. The largest absolute Gasteiger partial charge is 0.395 e. The van der Waals surface area contributed by atoms with Gasteiger partial charge in [-0.1, -0.05) is 31.2 Å². The van der Waals surface area contributed by atoms with Crippen molar-refractivity contribution in [2.75, 3.05) is 39.3 Å². The van der Waals surface area contributed by atoms with Crippen molar-refractivity contribution in [3.8, 4) is 0 Å². The maximum absolute atomic E-state index is 12.6. The van der Waals surface area contributed by atoms with Gasteiger partial charge in [0.25, 0.3) is 0 Å². The molecule has 4 nitrogen and oxygen atoms in total. The van der Waals surface area contributed by atoms with Crippen LogP contribution < -0.4 is 0 Å². The third-order valence-electron chi connectivity index (χ3n) is 4.40. The fraction of sp³-hybridized carbons (Fsp3) is 0.588. The molecule has 1 atom stereocenters. The quantitative estimate of drug-likeness (QED) is 0.805. The van der Waals surface area contributed by atoms with E-state index in [1.807, 2.05) is 31.2 Å². The van der Waals surface area contributed by atoms with Crippen LogP contribution in [0.3, 0.4) is 0 Å². The van der Waals surface area contributed by atoms with Crippen molar-refractivity contribution in [3.63, 3.8) is 0 Å². The molecule has 1 aliphatic heterocycles. The number of carbonyl (C=O) groups is 1. The summed E-state index contributed by atoms with van der Waals surface area (Å²) < 4.78 is 0. The normalized spacial score (nSPS) is 18.6. The Kier molecular flexibility index (Phi) is 5.91. The number of hydrogen-bond acceptors (Lipinski definition) is 4. The number of rotatable bonds is 6. The molecule has 0 radical (unpaired) electrons. The molecule has 0 bridgehead atoms. The molecule has 0 saturated carbocycles. The fourth-order valence-corrected chi connectivity index (χ4v) is 2.83. The number of piperazine rings is 1. The highest BCUT2D eigenvalue weighted by molar-refractivity contribution is 5.99. The SMILES string of the molecule is CCc1ccc(C(=O)C(C)N2CCN(CCO)CC2)cc1. The predicted molar refractivity (Wildman–Crippen MR) is 84.7 cm³/mol. The van der Waals surface area contributed by atoms with Crippen molar-refractivity contribution < 1.29 is 9.90 Å². The van der Waals surface area contributed by atoms with Crippen molar-refractivity contribution in [2.45, 2.75) is 26.3 Å². The van der Waals surface area contributed by atoms with E-state index in [1.54, 1.807) is 0 Å². The summed E-state index contributed by atoms with van der Waals surface area (Å²) in [6, 6.07) is 7.89. The predicted octanol–water partition coefficient (Wildman–Crippen LogP) is 1.43. The average molecular weight is 290 g/mol. The third kappa shape index (κ3) is 4.13. The van der Waals surface area contributed by atoms with E-state index in [2.05, 4.69) is 16.7 Å². The smallest absolute Gasteiger partial charge is 0.179 e. The van der Waals surface area contributed by atoms with Crippen LogP contribution >= 0.6 is 0 Å². The topological polar surface area (TPSA) is 43.8 Å². The van der Waals surface area contributed by atoms with Crippen molar-refractivity contribution in [1.29, 1.82) is 0 Å². The summed E-state index contributed by atoms with van der Waals surface area (Å²) in [5.41, 5.74) is 2.06. The summed E-state index contributed by atoms with van der Waals surface area (Å²) in [6.45, 7) is 8.68. The second kappa shape index (κ2) is 7.69. The Balaban J connectivity index is 1.93. The van der Waals surface area contributed by atoms with E-state index >= 15 is 0 Å². The first-order valence-electron chi connectivity index (χ1n) is 7.86. The summed E-state index contributed by atoms with van der Waals surface area (Å²) >= 11 is 0. The molecule has 1 N–H and O–H groups in total. The van der Waals surface area contributed by atoms with E-state index in [9.17, 15) is 4.79 Å². The summed E-state index contributed by atoms with van der Waals surface area (Å²) in [4.78, 5) is 17.0. The molecule has 0 spiro atoms. The fourth-order valence-electron chi connectivity index (χ4n) is 2.83. The first-order valence-corrected chi connectivity index (χ1v) is 7.86. The third-order valence-corrected chi connectivity index (χ3v) is 4.40. The lowest BCUT2D eigenvalue weighted by Crippen LogP contribution is -2.52. The molecule has 1 aromatic rings. The van der Waals surface area contributed by atoms with Crippen LogP contribution in [-0.4, -0.2) is 66.1 Å². The van der Waals surface area contributed by atoms with Crippen molar-refractivity contribution in [2.24, 2.45) is 0 Å². The van der Waals surface area contributed by atoms with Crippen molar-refractivity contribution >= 4 is 5.78 Å². The number of ketones is 1. The van der Waals surface area contributed by atoms with Gasteiger partial charge in [0.15, 0.2) is 5.78 Å². The molecule has 1 saturated heterocycles. The molecule has 1 aromatic carbocycles. The van der Waals surface area contributed by atoms with Gasteiger partial charge in [0.05, 0.1) is 12.6 Å². The van der Waals surface area contributed by atoms with Crippen molar-refractivity contribution in [1.82, 2.24) is 9.80 Å². The van der Waals surface area contributed by atoms with Crippen LogP contribution in [0.25, 0.3) is 0 Å². The number of aliphatic hydroxyl groups is 1. The number of aliphatic hydroxyl groups excluding tert-OH is 1. The molecule has 1 heterocycles. The number of nitrogens with zero attached hydrogens (tertiary/aromatic N) is 2. The van der Waals surface area contributed by atoms with Crippen LogP contribution in [0.2, 0.25) is 0 Å². The monoisotopic (exact) mass is 290 g/mol. The van der Waals surface area contributed by atoms with E-state index in [-0.39, 0.29) is 18.4 Å². The van der Waals surface area contributed by atoms with E-state index < -0.39 is 0 Å². The summed E-state index contributed by atoms with van der Waals surface area (Å²) in [5.74, 6) is 0.202. The molecular formula is C17H26N2O2. The minimum absolute atomic E-state index is 0.0752. The lowest BCUT2D eigenvalue weighted by Gasteiger charge is -2.37. The zero-order chi connectivity index (χ0) is 15.2. The van der Waals surface area contributed by atoms with Gasteiger partial charge < -0.3 is 5.11 Å². The molecule has 1 aliphatic rings. The summed E-state index contributed by atoms with van der Waals surface area (Å²) in [5, 5.41) is 8.96. The minimum Gasteiger partial charge on any atom is -0.395 e. The highest BCUT2D eigenvalue weighted by Gasteiger charge is 2.25. The van der Waals surface area contributed by atoms with E-state index in [0.29, 0.717) is 0 Å². The molecule has 4 heteroatoms. The number of β-amino-alcohol motifs (C(OH)–C–C–N with tert-alkyl or cyclic N) is 1. The standard InChI is InChI=1S/C17H26N2O2/c1-3-15-4-6-16(7-5-15)17(21)14(2)19-10-8-18(9-11-19)12-13-20/h4-7,14,20H,3,8-13H2,1-2H3. The minimum atomic E-state index is -0.0752. The molecule has 1 fully saturated rings. The maximum atomic E-state index is 12.6. The van der Waals surface area contributed by atoms with Gasteiger partial charge in [-0.15, -0.1) is 0 Å². The number of hydrogen-bond donors (Lipinski definition) is 1. The number of benzene rings is 1. The van der Waals surface area contributed by atoms with Gasteiger partial charge in [-0.2, -0.15) is 0 Å². The van der Waals surface area contributed by atoms with Crippen LogP contribution in [-0.2, 0) is 6.42 Å². The van der Waals surface area contributed by atoms with Crippen LogP contribution in [0, 0.1) is 0 Å². The van der Waals surface area contributed by atoms with Crippen LogP contribution in [0.5, 0.6) is 0 Å². The van der Waals surface area contributed by atoms with Gasteiger partial charge in [-0.05, 0) is 18.9 Å². The van der Waals surface area contributed by atoms with Gasteiger partial charge in [0, 0.05) is 38.3 Å². The molecule has 21 heavy (non-hydrogen) atoms. The van der Waals surface area contributed by atoms with Gasteiger partial charge in [0.2, 0.25) is 0 Å². The molecule has 2 rings (SSSR count). The second-order valence-corrected chi connectivity index (χ2v) is 5.69. The Labute approximate surface area is 127 Å². The Hall–Kier alpha value is -1.23. The molecule has 0 amide bonds. The van der Waals surface area contributed by atoms with Crippen LogP contribution in [0.1, 0.15) is 29.8 Å². The number of carbonyl (C=O) groups excluding carboxylic acids is 1. The lowest BCUT2D eigenvalue weighted by atomic mass is 10.0. The molecule has 116 valence electrons. The highest BCUT2D eigenvalue weighted by atomic mass is 16.3. The maximum Gasteiger partial charge on any atom is 0.179 e. The van der Waals surface area contributed by atoms with E-state index in [0.717, 1.165) is 44.7 Å². The van der Waals surface area contributed by atoms with Gasteiger partial charge in [0.1, 0.15) is 0 Å². The molecular weight excluding hydrogens is 264 g/mol. The van der Waals surface area contributed by atoms with E-state index in [4.69, 9.17) is 5.11 Å². The Morgan fingerprint density at radius 3 is 2.33 bits per heavy atom. The molecule has 0 aromatic heterocycles. The average Bonchev–Trinajstić information content (AvgIpc) is 2.54. The number of aryl methyl sites for hydroxylation is 1. The first kappa shape index (κ1) is 16.1. The van der Waals surface area contributed by atoms with Crippen LogP contribution in [0.4, 0.5) is 0 Å². The second-order valence-electron chi connectivity index (χ2n) is 5.69. The van der Waals surface area contributed by atoms with Gasteiger partial charge in [-0.3, -0.25) is 14.6 Å². The summed E-state index contributed by atoms with van der Waals surface area (Å²) in [6.07, 6.45) is 0.997. The molecule has 1 unspecified atom stereocenters. The Bertz CT molecular complexity index is 450. The highest BCUT2D eigenvalue weighted by Crippen LogP contribution is 2.13. The Morgan fingerprint density at radius 1 is 1.19 bits per heavy atom. The zero-order valence-electron chi connectivity index (χ0n) is 13.1. The molecule has 0 aliphatic carbocycles. The Morgan fingerprint density at radius 2 is 1.81 bits per heavy atom. The van der Waals surface area contributed by atoms with Gasteiger partial charge in [-0.25, -0.2) is 0 Å². The van der Waals surface area contributed by atoms with E-state index in [1.165, 1.54) is 5.56 Å². The van der Waals surface area contributed by atoms with Crippen molar-refractivity contribution in [3.05, 3.63) is 35.4 Å².